The second kappa shape index (κ2) is 8.47. The summed E-state index contributed by atoms with van der Waals surface area (Å²) < 4.78 is 19.4. The van der Waals surface area contributed by atoms with E-state index in [-0.39, 0.29) is 11.7 Å². The molecule has 2 aromatic heterocycles. The molecule has 5 rings (SSSR count). The third-order valence-electron chi connectivity index (χ3n) is 5.90. The maximum absolute atomic E-state index is 14.0. The number of hydrogen-bond donors (Lipinski definition) is 1. The summed E-state index contributed by atoms with van der Waals surface area (Å²) in [6.07, 6.45) is 1.83. The summed E-state index contributed by atoms with van der Waals surface area (Å²) in [6.45, 7) is 2.52. The Morgan fingerprint density at radius 1 is 1.10 bits per heavy atom. The minimum atomic E-state index is -0.268. The third kappa shape index (κ3) is 4.03. The van der Waals surface area contributed by atoms with Gasteiger partial charge in [0.05, 0.1) is 30.1 Å². The number of rotatable bonds is 5. The first kappa shape index (κ1) is 19.7. The van der Waals surface area contributed by atoms with E-state index < -0.39 is 0 Å². The van der Waals surface area contributed by atoms with Gasteiger partial charge in [-0.2, -0.15) is 0 Å². The maximum atomic E-state index is 14.0. The van der Waals surface area contributed by atoms with Gasteiger partial charge in [0.1, 0.15) is 5.82 Å². The molecular weight excluding hydrogens is 393 g/mol. The topological polar surface area (TPSA) is 58.2 Å². The predicted octanol–water partition coefficient (Wildman–Crippen LogP) is 4.70. The number of halogens is 1. The monoisotopic (exact) mass is 417 g/mol. The van der Waals surface area contributed by atoms with Gasteiger partial charge in [0, 0.05) is 35.8 Å². The van der Waals surface area contributed by atoms with Crippen LogP contribution in [0.5, 0.6) is 0 Å². The molecule has 1 aliphatic rings. The van der Waals surface area contributed by atoms with Crippen molar-refractivity contribution in [1.29, 1.82) is 0 Å². The quantitative estimate of drug-likeness (QED) is 0.512. The van der Waals surface area contributed by atoms with Gasteiger partial charge < -0.3 is 14.6 Å². The highest BCUT2D eigenvalue weighted by atomic mass is 19.1. The van der Waals surface area contributed by atoms with Crippen LogP contribution in [0.15, 0.2) is 54.6 Å². The van der Waals surface area contributed by atoms with Crippen molar-refractivity contribution in [3.63, 3.8) is 0 Å². The number of para-hydroxylation sites is 1. The van der Waals surface area contributed by atoms with Crippen LogP contribution in [-0.4, -0.2) is 47.1 Å². The SMILES string of the molecule is O=C(CCCc1c(-c2ccc3ccccc3n2)[nH]c2ccc(F)cc12)N1CCOCC1. The second-order valence-electron chi connectivity index (χ2n) is 7.90. The Bertz CT molecular complexity index is 1240. The molecule has 6 heteroatoms. The summed E-state index contributed by atoms with van der Waals surface area (Å²) in [6, 6.07) is 16.8. The number of H-pyrrole nitrogens is 1. The fourth-order valence-electron chi connectivity index (χ4n) is 4.29. The van der Waals surface area contributed by atoms with E-state index in [2.05, 4.69) is 11.1 Å². The van der Waals surface area contributed by atoms with Crippen LogP contribution >= 0.6 is 0 Å². The van der Waals surface area contributed by atoms with E-state index in [1.807, 2.05) is 35.2 Å². The molecule has 0 spiro atoms. The van der Waals surface area contributed by atoms with Crippen molar-refractivity contribution in [1.82, 2.24) is 14.9 Å². The maximum Gasteiger partial charge on any atom is 0.222 e. The van der Waals surface area contributed by atoms with Crippen LogP contribution in [0.4, 0.5) is 4.39 Å². The molecule has 31 heavy (non-hydrogen) atoms. The van der Waals surface area contributed by atoms with E-state index in [0.717, 1.165) is 38.8 Å². The molecule has 0 radical (unpaired) electrons. The van der Waals surface area contributed by atoms with Gasteiger partial charge in [-0.15, -0.1) is 0 Å². The first-order valence-corrected chi connectivity index (χ1v) is 10.7. The summed E-state index contributed by atoms with van der Waals surface area (Å²) in [5.41, 5.74) is 4.51. The highest BCUT2D eigenvalue weighted by molar-refractivity contribution is 5.91. The number of carbonyl (C=O) groups excluding carboxylic acids is 1. The van der Waals surface area contributed by atoms with Crippen LogP contribution in [0.1, 0.15) is 18.4 Å². The van der Waals surface area contributed by atoms with E-state index in [1.165, 1.54) is 6.07 Å². The van der Waals surface area contributed by atoms with Gasteiger partial charge in [-0.1, -0.05) is 24.3 Å². The number of aromatic amines is 1. The molecule has 1 fully saturated rings. The first-order valence-electron chi connectivity index (χ1n) is 10.7. The molecule has 0 aliphatic carbocycles. The average molecular weight is 417 g/mol. The fraction of sp³-hybridized carbons (Fsp3) is 0.280. The van der Waals surface area contributed by atoms with Gasteiger partial charge in [0.15, 0.2) is 0 Å². The van der Waals surface area contributed by atoms with Crippen molar-refractivity contribution < 1.29 is 13.9 Å². The van der Waals surface area contributed by atoms with E-state index in [9.17, 15) is 9.18 Å². The largest absolute Gasteiger partial charge is 0.378 e. The van der Waals surface area contributed by atoms with Crippen LogP contribution in [0, 0.1) is 5.82 Å². The van der Waals surface area contributed by atoms with Crippen LogP contribution in [0.2, 0.25) is 0 Å². The Labute approximate surface area is 179 Å². The molecule has 2 aromatic carbocycles. The zero-order valence-corrected chi connectivity index (χ0v) is 17.2. The average Bonchev–Trinajstić information content (AvgIpc) is 3.17. The Kier molecular flexibility index (Phi) is 5.38. The fourth-order valence-corrected chi connectivity index (χ4v) is 4.29. The zero-order valence-electron chi connectivity index (χ0n) is 17.2. The molecule has 0 saturated carbocycles. The van der Waals surface area contributed by atoms with E-state index in [1.54, 1.807) is 12.1 Å². The van der Waals surface area contributed by atoms with Gasteiger partial charge in [0.2, 0.25) is 5.91 Å². The van der Waals surface area contributed by atoms with Crippen LogP contribution < -0.4 is 0 Å². The van der Waals surface area contributed by atoms with Gasteiger partial charge in [-0.3, -0.25) is 4.79 Å². The number of fused-ring (bicyclic) bond motifs is 2. The van der Waals surface area contributed by atoms with E-state index in [4.69, 9.17) is 9.72 Å². The Morgan fingerprint density at radius 3 is 2.81 bits per heavy atom. The summed E-state index contributed by atoms with van der Waals surface area (Å²) >= 11 is 0. The van der Waals surface area contributed by atoms with Crippen molar-refractivity contribution in [3.8, 4) is 11.4 Å². The highest BCUT2D eigenvalue weighted by Crippen LogP contribution is 2.32. The molecule has 4 aromatic rings. The molecule has 0 atom stereocenters. The summed E-state index contributed by atoms with van der Waals surface area (Å²) in [4.78, 5) is 22.7. The molecule has 5 nitrogen and oxygen atoms in total. The molecule has 1 N–H and O–H groups in total. The zero-order chi connectivity index (χ0) is 21.2. The van der Waals surface area contributed by atoms with E-state index in [0.29, 0.717) is 45.6 Å². The van der Waals surface area contributed by atoms with Crippen molar-refractivity contribution in [2.45, 2.75) is 19.3 Å². The number of aromatic nitrogens is 2. The lowest BCUT2D eigenvalue weighted by atomic mass is 10.0. The van der Waals surface area contributed by atoms with Gasteiger partial charge in [-0.25, -0.2) is 9.37 Å². The second-order valence-corrected chi connectivity index (χ2v) is 7.90. The van der Waals surface area contributed by atoms with Crippen molar-refractivity contribution in [3.05, 3.63) is 66.0 Å². The normalized spacial score (nSPS) is 14.4. The number of morpholine rings is 1. The lowest BCUT2D eigenvalue weighted by Crippen LogP contribution is -2.40. The number of carbonyl (C=O) groups is 1. The van der Waals surface area contributed by atoms with Crippen molar-refractivity contribution in [2.24, 2.45) is 0 Å². The first-order chi connectivity index (χ1) is 15.2. The minimum absolute atomic E-state index is 0.153. The number of nitrogens with zero attached hydrogens (tertiary/aromatic N) is 2. The summed E-state index contributed by atoms with van der Waals surface area (Å²) in [5, 5.41) is 1.93. The Morgan fingerprint density at radius 2 is 1.94 bits per heavy atom. The number of aryl methyl sites for hydroxylation is 1. The minimum Gasteiger partial charge on any atom is -0.378 e. The number of hydrogen-bond acceptors (Lipinski definition) is 3. The molecule has 0 unspecified atom stereocenters. The Hall–Kier alpha value is -3.25. The van der Waals surface area contributed by atoms with Gasteiger partial charge in [-0.05, 0) is 48.7 Å². The lowest BCUT2D eigenvalue weighted by Gasteiger charge is -2.26. The number of benzene rings is 2. The number of ether oxygens (including phenoxy) is 1. The van der Waals surface area contributed by atoms with Crippen LogP contribution in [0.25, 0.3) is 33.2 Å². The molecule has 1 amide bonds. The Balaban J connectivity index is 1.45. The van der Waals surface area contributed by atoms with Gasteiger partial charge >= 0.3 is 0 Å². The standard InChI is InChI=1S/C25H24FN3O2/c26-18-9-11-22-20(16-18)19(5-3-7-24(30)29-12-14-31-15-13-29)25(28-22)23-10-8-17-4-1-2-6-21(17)27-23/h1-2,4,6,8-11,16,28H,3,5,7,12-15H2. The highest BCUT2D eigenvalue weighted by Gasteiger charge is 2.19. The van der Waals surface area contributed by atoms with Crippen molar-refractivity contribution in [2.75, 3.05) is 26.3 Å². The lowest BCUT2D eigenvalue weighted by molar-refractivity contribution is -0.135. The smallest absolute Gasteiger partial charge is 0.222 e. The molecule has 3 heterocycles. The summed E-state index contributed by atoms with van der Waals surface area (Å²) in [5.74, 6) is -0.116. The molecule has 158 valence electrons. The number of amides is 1. The molecule has 0 bridgehead atoms. The molecule has 1 saturated heterocycles. The third-order valence-corrected chi connectivity index (χ3v) is 5.90. The summed E-state index contributed by atoms with van der Waals surface area (Å²) in [7, 11) is 0. The van der Waals surface area contributed by atoms with Crippen LogP contribution in [0.3, 0.4) is 0 Å². The number of nitrogens with one attached hydrogen (secondary N) is 1. The van der Waals surface area contributed by atoms with Gasteiger partial charge in [0.25, 0.3) is 0 Å². The molecular formula is C25H24FN3O2. The molecule has 1 aliphatic heterocycles. The van der Waals surface area contributed by atoms with Crippen LogP contribution in [-0.2, 0) is 16.0 Å². The predicted molar refractivity (Wildman–Crippen MR) is 119 cm³/mol. The van der Waals surface area contributed by atoms with Crippen molar-refractivity contribution >= 4 is 27.7 Å². The number of pyridine rings is 1. The van der Waals surface area contributed by atoms with E-state index >= 15 is 0 Å².